The summed E-state index contributed by atoms with van der Waals surface area (Å²) in [5, 5.41) is 7.00. The Hall–Kier alpha value is -2.48. The van der Waals surface area contributed by atoms with E-state index in [-0.39, 0.29) is 5.82 Å². The summed E-state index contributed by atoms with van der Waals surface area (Å²) in [6.45, 7) is 7.18. The zero-order valence-corrected chi connectivity index (χ0v) is 20.3. The van der Waals surface area contributed by atoms with Crippen molar-refractivity contribution >= 4 is 34.9 Å². The van der Waals surface area contributed by atoms with Crippen molar-refractivity contribution in [2.24, 2.45) is 5.92 Å². The predicted octanol–water partition coefficient (Wildman–Crippen LogP) is 4.76. The summed E-state index contributed by atoms with van der Waals surface area (Å²) in [6.07, 6.45) is 7.94. The van der Waals surface area contributed by atoms with Gasteiger partial charge in [0.15, 0.2) is 5.11 Å². The molecule has 33 heavy (non-hydrogen) atoms. The molecule has 2 aliphatic rings. The van der Waals surface area contributed by atoms with Crippen LogP contribution in [-0.4, -0.2) is 47.8 Å². The SMILES string of the molecule is C[C@H]1CCCN(c2cc(N3CCCCC3)nc(NC(=S)NCCCc3ccc(F)cc3)n2)C1. The van der Waals surface area contributed by atoms with Gasteiger partial charge < -0.3 is 20.4 Å². The van der Waals surface area contributed by atoms with E-state index in [2.05, 4.69) is 33.4 Å². The van der Waals surface area contributed by atoms with Gasteiger partial charge in [0.2, 0.25) is 5.95 Å². The molecular weight excluding hydrogens is 435 g/mol. The van der Waals surface area contributed by atoms with Gasteiger partial charge in [0.25, 0.3) is 0 Å². The molecule has 0 bridgehead atoms. The molecule has 0 spiro atoms. The zero-order chi connectivity index (χ0) is 23.0. The first-order valence-electron chi connectivity index (χ1n) is 12.2. The molecular formula is C25H35FN6S. The molecule has 0 saturated carbocycles. The van der Waals surface area contributed by atoms with Crippen molar-refractivity contribution in [2.45, 2.75) is 51.9 Å². The highest BCUT2D eigenvalue weighted by atomic mass is 32.1. The third-order valence-corrected chi connectivity index (χ3v) is 6.67. The number of halogens is 1. The average molecular weight is 471 g/mol. The second-order valence-electron chi connectivity index (χ2n) is 9.26. The maximum absolute atomic E-state index is 13.0. The number of aryl methyl sites for hydroxylation is 1. The Kier molecular flexibility index (Phi) is 8.31. The fraction of sp³-hybridized carbons (Fsp3) is 0.560. The van der Waals surface area contributed by atoms with Crippen LogP contribution in [0.4, 0.5) is 22.0 Å². The third-order valence-electron chi connectivity index (χ3n) is 6.43. The van der Waals surface area contributed by atoms with E-state index in [1.807, 2.05) is 12.1 Å². The largest absolute Gasteiger partial charge is 0.362 e. The van der Waals surface area contributed by atoms with Gasteiger partial charge in [0.1, 0.15) is 17.5 Å². The number of hydrogen-bond donors (Lipinski definition) is 2. The first-order chi connectivity index (χ1) is 16.1. The maximum atomic E-state index is 13.0. The molecule has 2 fully saturated rings. The van der Waals surface area contributed by atoms with Gasteiger partial charge in [-0.05, 0) is 80.8 Å². The van der Waals surface area contributed by atoms with Crippen molar-refractivity contribution in [1.82, 2.24) is 15.3 Å². The van der Waals surface area contributed by atoms with Gasteiger partial charge in [-0.15, -0.1) is 0 Å². The third kappa shape index (κ3) is 7.00. The minimum absolute atomic E-state index is 0.201. The number of hydrogen-bond acceptors (Lipinski definition) is 5. The molecule has 0 amide bonds. The smallest absolute Gasteiger partial charge is 0.232 e. The average Bonchev–Trinajstić information content (AvgIpc) is 2.83. The molecule has 0 unspecified atom stereocenters. The van der Waals surface area contributed by atoms with E-state index in [0.29, 0.717) is 17.0 Å². The van der Waals surface area contributed by atoms with Gasteiger partial charge in [-0.1, -0.05) is 19.1 Å². The highest BCUT2D eigenvalue weighted by Crippen LogP contribution is 2.27. The van der Waals surface area contributed by atoms with Crippen molar-refractivity contribution < 1.29 is 4.39 Å². The number of thiocarbonyl (C=S) groups is 1. The number of piperidine rings is 2. The van der Waals surface area contributed by atoms with Crippen LogP contribution < -0.4 is 20.4 Å². The van der Waals surface area contributed by atoms with Crippen LogP contribution in [0.25, 0.3) is 0 Å². The maximum Gasteiger partial charge on any atom is 0.232 e. The Morgan fingerprint density at radius 1 is 1.03 bits per heavy atom. The first-order valence-corrected chi connectivity index (χ1v) is 12.7. The Morgan fingerprint density at radius 2 is 1.73 bits per heavy atom. The molecule has 8 heteroatoms. The van der Waals surface area contributed by atoms with E-state index in [1.165, 1.54) is 44.2 Å². The number of aromatic nitrogens is 2. The molecule has 2 aliphatic heterocycles. The van der Waals surface area contributed by atoms with Crippen LogP contribution in [0.3, 0.4) is 0 Å². The van der Waals surface area contributed by atoms with Crippen molar-refractivity contribution in [3.63, 3.8) is 0 Å². The van der Waals surface area contributed by atoms with Crippen LogP contribution in [0.15, 0.2) is 30.3 Å². The predicted molar refractivity (Wildman–Crippen MR) is 138 cm³/mol. The number of benzene rings is 1. The minimum atomic E-state index is -0.201. The molecule has 4 rings (SSSR count). The van der Waals surface area contributed by atoms with Crippen molar-refractivity contribution in [2.75, 3.05) is 47.8 Å². The van der Waals surface area contributed by atoms with Gasteiger partial charge in [-0.3, -0.25) is 0 Å². The topological polar surface area (TPSA) is 56.3 Å². The van der Waals surface area contributed by atoms with Crippen molar-refractivity contribution in [3.05, 3.63) is 41.7 Å². The molecule has 2 N–H and O–H groups in total. The fourth-order valence-electron chi connectivity index (χ4n) is 4.61. The van der Waals surface area contributed by atoms with E-state index in [4.69, 9.17) is 22.2 Å². The Labute approximate surface area is 202 Å². The second kappa shape index (κ2) is 11.6. The van der Waals surface area contributed by atoms with Crippen LogP contribution in [0.5, 0.6) is 0 Å². The summed E-state index contributed by atoms with van der Waals surface area (Å²) in [7, 11) is 0. The lowest BCUT2D eigenvalue weighted by molar-refractivity contribution is 0.444. The fourth-order valence-corrected chi connectivity index (χ4v) is 4.81. The van der Waals surface area contributed by atoms with Crippen molar-refractivity contribution in [1.29, 1.82) is 0 Å². The van der Waals surface area contributed by atoms with Crippen LogP contribution in [0.1, 0.15) is 51.0 Å². The molecule has 1 aromatic carbocycles. The number of nitrogens with one attached hydrogen (secondary N) is 2. The van der Waals surface area contributed by atoms with Gasteiger partial charge in [0.05, 0.1) is 0 Å². The molecule has 3 heterocycles. The van der Waals surface area contributed by atoms with Gasteiger partial charge >= 0.3 is 0 Å². The number of rotatable bonds is 7. The summed E-state index contributed by atoms with van der Waals surface area (Å²) < 4.78 is 13.0. The second-order valence-corrected chi connectivity index (χ2v) is 9.67. The summed E-state index contributed by atoms with van der Waals surface area (Å²) >= 11 is 5.52. The zero-order valence-electron chi connectivity index (χ0n) is 19.5. The molecule has 178 valence electrons. The quantitative estimate of drug-likeness (QED) is 0.447. The molecule has 0 radical (unpaired) electrons. The Balaban J connectivity index is 1.37. The van der Waals surface area contributed by atoms with E-state index in [1.54, 1.807) is 0 Å². The molecule has 2 aromatic rings. The minimum Gasteiger partial charge on any atom is -0.362 e. The summed E-state index contributed by atoms with van der Waals surface area (Å²) in [5.41, 5.74) is 1.12. The van der Waals surface area contributed by atoms with Crippen LogP contribution in [0.2, 0.25) is 0 Å². The van der Waals surface area contributed by atoms with E-state index in [0.717, 1.165) is 62.8 Å². The van der Waals surface area contributed by atoms with Gasteiger partial charge in [0, 0.05) is 38.8 Å². The van der Waals surface area contributed by atoms with Crippen LogP contribution in [0, 0.1) is 11.7 Å². The highest BCUT2D eigenvalue weighted by Gasteiger charge is 2.21. The molecule has 1 atom stereocenters. The summed E-state index contributed by atoms with van der Waals surface area (Å²) in [6, 6.07) is 8.81. The van der Waals surface area contributed by atoms with Gasteiger partial charge in [-0.2, -0.15) is 9.97 Å². The molecule has 1 aromatic heterocycles. The van der Waals surface area contributed by atoms with Crippen LogP contribution >= 0.6 is 12.2 Å². The van der Waals surface area contributed by atoms with E-state index >= 15 is 0 Å². The van der Waals surface area contributed by atoms with Gasteiger partial charge in [-0.25, -0.2) is 4.39 Å². The Morgan fingerprint density at radius 3 is 2.45 bits per heavy atom. The standard InChI is InChI=1S/C25H35FN6S/c1-19-7-6-16-32(18-19)23-17-22(31-14-3-2-4-15-31)28-24(29-23)30-25(33)27-13-5-8-20-9-11-21(26)12-10-20/h9-12,17,19H,2-8,13-16,18H2,1H3,(H2,27,28,29,30,33)/t19-/m0/s1. The van der Waals surface area contributed by atoms with E-state index < -0.39 is 0 Å². The Bertz CT molecular complexity index is 916. The lowest BCUT2D eigenvalue weighted by Crippen LogP contribution is -2.36. The highest BCUT2D eigenvalue weighted by molar-refractivity contribution is 7.80. The lowest BCUT2D eigenvalue weighted by atomic mass is 10.0. The lowest BCUT2D eigenvalue weighted by Gasteiger charge is -2.33. The number of anilines is 3. The molecule has 6 nitrogen and oxygen atoms in total. The molecule has 0 aliphatic carbocycles. The van der Waals surface area contributed by atoms with Crippen LogP contribution in [-0.2, 0) is 6.42 Å². The van der Waals surface area contributed by atoms with E-state index in [9.17, 15) is 4.39 Å². The van der Waals surface area contributed by atoms with Crippen molar-refractivity contribution in [3.8, 4) is 0 Å². The number of nitrogens with zero attached hydrogens (tertiary/aromatic N) is 4. The molecule has 2 saturated heterocycles. The summed E-state index contributed by atoms with van der Waals surface area (Å²) in [4.78, 5) is 14.4. The first kappa shape index (κ1) is 23.7. The normalized spacial score (nSPS) is 18.8. The summed E-state index contributed by atoms with van der Waals surface area (Å²) in [5.74, 6) is 3.00. The monoisotopic (exact) mass is 470 g/mol.